The van der Waals surface area contributed by atoms with E-state index in [9.17, 15) is 4.80 Å². The molecule has 0 fully saturated rings. The van der Waals surface area contributed by atoms with Gasteiger partial charge in [-0.25, -0.2) is 0 Å². The first-order valence-electron chi connectivity index (χ1n) is 9.18. The fourth-order valence-electron chi connectivity index (χ4n) is 2.50. The molecular weight excluding hydrogens is 433 g/mol. The van der Waals surface area contributed by atoms with Gasteiger partial charge in [-0.15, -0.1) is 0 Å². The minimum atomic E-state index is -3.52. The van der Waals surface area contributed by atoms with Crippen LogP contribution in [-0.2, 0) is 20.9 Å². The van der Waals surface area contributed by atoms with Crippen LogP contribution in [0.4, 0.5) is 0 Å². The van der Waals surface area contributed by atoms with E-state index in [0.717, 1.165) is 0 Å². The van der Waals surface area contributed by atoms with Crippen molar-refractivity contribution in [1.82, 2.24) is 0 Å². The third-order valence-electron chi connectivity index (χ3n) is 2.61. The summed E-state index contributed by atoms with van der Waals surface area (Å²) in [7, 11) is -13.1. The lowest BCUT2D eigenvalue weighted by molar-refractivity contribution is 0.187. The fourth-order valence-corrected chi connectivity index (χ4v) is 25.9. The van der Waals surface area contributed by atoms with Crippen LogP contribution in [0.1, 0.15) is 0 Å². The van der Waals surface area contributed by atoms with Crippen LogP contribution in [0.3, 0.4) is 0 Å². The lowest BCUT2D eigenvalue weighted by Crippen LogP contribution is -2.65. The van der Waals surface area contributed by atoms with Crippen LogP contribution in [0, 0.1) is 0 Å². The van der Waals surface area contributed by atoms with Gasteiger partial charge in [0.25, 0.3) is 0 Å². The van der Waals surface area contributed by atoms with Gasteiger partial charge in [0.2, 0.25) is 0 Å². The Hall–Kier alpha value is 1.06. The standard InChI is InChI=1S/C14H42O6Si6/c1-16-26(19-23(8,9)10,20-24(11,12)13)14-25(15,17-21(2,3)4)18-22(5,6)7/h15H,14H2,1-13H3. The van der Waals surface area contributed by atoms with E-state index in [1.807, 2.05) is 0 Å². The summed E-state index contributed by atoms with van der Waals surface area (Å²) in [6, 6.07) is 0. The average molecular weight is 475 g/mol. The third kappa shape index (κ3) is 12.5. The van der Waals surface area contributed by atoms with E-state index in [4.69, 9.17) is 20.9 Å². The summed E-state index contributed by atoms with van der Waals surface area (Å²) in [6.07, 6.45) is 0. The Labute approximate surface area is 167 Å². The molecule has 12 heteroatoms. The molecule has 0 spiro atoms. The van der Waals surface area contributed by atoms with Gasteiger partial charge in [-0.05, 0) is 78.6 Å². The molecule has 0 heterocycles. The Balaban J connectivity index is 6.01. The maximum absolute atomic E-state index is 11.5. The topological polar surface area (TPSA) is 66.4 Å². The molecule has 0 amide bonds. The highest BCUT2D eigenvalue weighted by atomic mass is 28.5. The Morgan fingerprint density at radius 2 is 0.808 bits per heavy atom. The zero-order chi connectivity index (χ0) is 21.2. The first-order valence-corrected chi connectivity index (χ1v) is 26.7. The van der Waals surface area contributed by atoms with Crippen molar-refractivity contribution in [2.24, 2.45) is 0 Å². The SMILES string of the molecule is CO[Si](C[Si](O)(O[Si](C)(C)C)O[Si](C)(C)C)(O[Si](C)(C)C)O[Si](C)(C)C. The minimum Gasteiger partial charge on any atom is -0.416 e. The Kier molecular flexibility index (Phi) is 9.19. The van der Waals surface area contributed by atoms with Gasteiger partial charge in [0.1, 0.15) is 0 Å². The Bertz CT molecular complexity index is 417. The van der Waals surface area contributed by atoms with E-state index in [1.165, 1.54) is 0 Å². The summed E-state index contributed by atoms with van der Waals surface area (Å²) < 4.78 is 31.4. The number of rotatable bonds is 11. The number of hydrogen-bond acceptors (Lipinski definition) is 6. The molecule has 158 valence electrons. The molecule has 0 aliphatic rings. The molecule has 0 aromatic heterocycles. The first kappa shape index (κ1) is 27.1. The van der Waals surface area contributed by atoms with Crippen LogP contribution < -0.4 is 0 Å². The average Bonchev–Trinajstić information content (AvgIpc) is 2.16. The minimum absolute atomic E-state index is 0.222. The van der Waals surface area contributed by atoms with E-state index < -0.39 is 50.9 Å². The highest BCUT2D eigenvalue weighted by molar-refractivity contribution is 6.95. The second-order valence-corrected chi connectivity index (χ2v) is 35.4. The molecule has 26 heavy (non-hydrogen) atoms. The molecule has 6 nitrogen and oxygen atoms in total. The van der Waals surface area contributed by atoms with Crippen molar-refractivity contribution in [3.63, 3.8) is 0 Å². The lowest BCUT2D eigenvalue weighted by Gasteiger charge is -2.43. The van der Waals surface area contributed by atoms with E-state index in [0.29, 0.717) is 0 Å². The van der Waals surface area contributed by atoms with E-state index in [-0.39, 0.29) is 5.67 Å². The molecule has 0 bridgehead atoms. The zero-order valence-electron chi connectivity index (χ0n) is 19.2. The van der Waals surface area contributed by atoms with Crippen molar-refractivity contribution in [3.05, 3.63) is 0 Å². The Morgan fingerprint density at radius 1 is 0.538 bits per heavy atom. The predicted molar refractivity (Wildman–Crippen MR) is 123 cm³/mol. The summed E-state index contributed by atoms with van der Waals surface area (Å²) in [5, 5.41) is 0. The van der Waals surface area contributed by atoms with Gasteiger partial charge in [-0.2, -0.15) is 0 Å². The second kappa shape index (κ2) is 8.83. The van der Waals surface area contributed by atoms with Crippen molar-refractivity contribution in [2.75, 3.05) is 7.11 Å². The Morgan fingerprint density at radius 3 is 1.00 bits per heavy atom. The van der Waals surface area contributed by atoms with Crippen molar-refractivity contribution in [3.8, 4) is 0 Å². The summed E-state index contributed by atoms with van der Waals surface area (Å²) in [6.45, 7) is 25.0. The van der Waals surface area contributed by atoms with Gasteiger partial charge in [-0.1, -0.05) is 0 Å². The molecule has 0 aliphatic heterocycles. The van der Waals surface area contributed by atoms with Gasteiger partial charge < -0.3 is 25.7 Å². The quantitative estimate of drug-likeness (QED) is 0.446. The molecule has 0 aromatic carbocycles. The van der Waals surface area contributed by atoms with E-state index in [2.05, 4.69) is 78.6 Å². The van der Waals surface area contributed by atoms with Gasteiger partial charge in [0, 0.05) is 7.11 Å². The van der Waals surface area contributed by atoms with Crippen LogP contribution in [0.25, 0.3) is 0 Å². The zero-order valence-corrected chi connectivity index (χ0v) is 25.2. The first-order chi connectivity index (χ1) is 11.1. The monoisotopic (exact) mass is 474 g/mol. The van der Waals surface area contributed by atoms with E-state index >= 15 is 0 Å². The maximum Gasteiger partial charge on any atom is 0.484 e. The highest BCUT2D eigenvalue weighted by Gasteiger charge is 2.58. The lowest BCUT2D eigenvalue weighted by atomic mass is 11.8. The van der Waals surface area contributed by atoms with Crippen molar-refractivity contribution in [1.29, 1.82) is 0 Å². The third-order valence-corrected chi connectivity index (χ3v) is 21.6. The normalized spacial score (nSPS) is 15.5. The number of hydrogen-bond donors (Lipinski definition) is 1. The van der Waals surface area contributed by atoms with Crippen LogP contribution in [0.5, 0.6) is 0 Å². The van der Waals surface area contributed by atoms with Gasteiger partial charge in [0.05, 0.1) is 5.67 Å². The van der Waals surface area contributed by atoms with Gasteiger partial charge >= 0.3 is 17.6 Å². The van der Waals surface area contributed by atoms with E-state index in [1.54, 1.807) is 7.11 Å². The summed E-state index contributed by atoms with van der Waals surface area (Å²) in [5.41, 5.74) is 0.222. The van der Waals surface area contributed by atoms with Crippen molar-refractivity contribution in [2.45, 2.75) is 84.2 Å². The molecular formula is C14H42O6Si6. The summed E-state index contributed by atoms with van der Waals surface area (Å²) >= 11 is 0. The molecule has 0 saturated heterocycles. The van der Waals surface area contributed by atoms with Crippen LogP contribution in [0.15, 0.2) is 0 Å². The molecule has 0 saturated carbocycles. The molecule has 1 N–H and O–H groups in total. The maximum atomic E-state index is 11.5. The van der Waals surface area contributed by atoms with Crippen LogP contribution in [0.2, 0.25) is 84.2 Å². The summed E-state index contributed by atoms with van der Waals surface area (Å²) in [5.74, 6) is 0. The van der Waals surface area contributed by atoms with Crippen molar-refractivity contribution >= 4 is 50.9 Å². The molecule has 0 rings (SSSR count). The molecule has 0 aromatic rings. The van der Waals surface area contributed by atoms with Crippen LogP contribution >= 0.6 is 0 Å². The predicted octanol–water partition coefficient (Wildman–Crippen LogP) is 4.45. The fraction of sp³-hybridized carbons (Fsp3) is 1.00. The second-order valence-electron chi connectivity index (χ2n) is 10.6. The molecule has 0 radical (unpaired) electrons. The molecule has 0 atom stereocenters. The van der Waals surface area contributed by atoms with Crippen LogP contribution in [-0.4, -0.2) is 62.8 Å². The largest absolute Gasteiger partial charge is 0.484 e. The van der Waals surface area contributed by atoms with Gasteiger partial charge in [0.15, 0.2) is 33.3 Å². The summed E-state index contributed by atoms with van der Waals surface area (Å²) in [4.78, 5) is 11.5. The highest BCUT2D eigenvalue weighted by Crippen LogP contribution is 2.32. The smallest absolute Gasteiger partial charge is 0.416 e. The van der Waals surface area contributed by atoms with Gasteiger partial charge in [-0.3, -0.25) is 0 Å². The molecule has 0 aliphatic carbocycles. The van der Waals surface area contributed by atoms with Crippen molar-refractivity contribution < 1.29 is 25.7 Å². The molecule has 0 unspecified atom stereocenters.